The number of amides is 1. The Bertz CT molecular complexity index is 1260. The number of nitrogens with one attached hydrogen (secondary N) is 1. The molecule has 0 radical (unpaired) electrons. The first-order valence-corrected chi connectivity index (χ1v) is 15.6. The third-order valence-electron chi connectivity index (χ3n) is 7.41. The summed E-state index contributed by atoms with van der Waals surface area (Å²) in [4.78, 5) is 25.8. The highest BCUT2D eigenvalue weighted by molar-refractivity contribution is 6.32. The number of ether oxygens (including phenoxy) is 3. The van der Waals surface area contributed by atoms with Crippen molar-refractivity contribution in [3.05, 3.63) is 89.5 Å². The average Bonchev–Trinajstić information content (AvgIpc) is 3.05. The third kappa shape index (κ3) is 12.0. The second kappa shape index (κ2) is 19.2. The summed E-state index contributed by atoms with van der Waals surface area (Å²) in [5.41, 5.74) is 2.73. The van der Waals surface area contributed by atoms with E-state index < -0.39 is 0 Å². The maximum absolute atomic E-state index is 13.6. The van der Waals surface area contributed by atoms with Crippen LogP contribution < -0.4 is 19.5 Å². The molecule has 3 aromatic rings. The summed E-state index contributed by atoms with van der Waals surface area (Å²) in [6.07, 6.45) is 14.5. The van der Waals surface area contributed by atoms with Gasteiger partial charge in [-0.25, -0.2) is 0 Å². The molecule has 6 heteroatoms. The SMILES string of the molecule is CCCCCCCCCCCCNC(=O)COc1ccc(/C=C(/C(=O)c2ccc(OC)cc2)c2ccc(OC)cc2)cc1. The fraction of sp³-hybridized carbons (Fsp3) is 0.405. The van der Waals surface area contributed by atoms with Crippen molar-refractivity contribution in [2.45, 2.75) is 71.1 Å². The van der Waals surface area contributed by atoms with Gasteiger partial charge in [-0.3, -0.25) is 9.59 Å². The Hall–Kier alpha value is -4.06. The fourth-order valence-electron chi connectivity index (χ4n) is 4.82. The molecular weight excluding hydrogens is 538 g/mol. The third-order valence-corrected chi connectivity index (χ3v) is 7.41. The summed E-state index contributed by atoms with van der Waals surface area (Å²) in [5.74, 6) is 1.78. The minimum Gasteiger partial charge on any atom is -0.497 e. The first-order valence-electron chi connectivity index (χ1n) is 15.6. The number of hydrogen-bond acceptors (Lipinski definition) is 5. The molecule has 230 valence electrons. The van der Waals surface area contributed by atoms with Gasteiger partial charge in [0.15, 0.2) is 12.4 Å². The van der Waals surface area contributed by atoms with Crippen molar-refractivity contribution in [2.24, 2.45) is 0 Å². The molecule has 0 atom stereocenters. The van der Waals surface area contributed by atoms with Crippen LogP contribution in [-0.4, -0.2) is 39.1 Å². The zero-order chi connectivity index (χ0) is 30.7. The summed E-state index contributed by atoms with van der Waals surface area (Å²) < 4.78 is 16.2. The zero-order valence-electron chi connectivity index (χ0n) is 26.0. The van der Waals surface area contributed by atoms with Gasteiger partial charge >= 0.3 is 0 Å². The summed E-state index contributed by atoms with van der Waals surface area (Å²) in [6.45, 7) is 2.90. The quantitative estimate of drug-likeness (QED) is 0.0622. The topological polar surface area (TPSA) is 73.9 Å². The van der Waals surface area contributed by atoms with Crippen LogP contribution in [0.15, 0.2) is 72.8 Å². The van der Waals surface area contributed by atoms with Crippen molar-refractivity contribution in [3.8, 4) is 17.2 Å². The normalized spacial score (nSPS) is 11.2. The molecule has 0 aliphatic carbocycles. The van der Waals surface area contributed by atoms with Crippen LogP contribution in [0.4, 0.5) is 0 Å². The number of Topliss-reactive ketones (excluding diaryl/α,β-unsaturated/α-hetero) is 1. The van der Waals surface area contributed by atoms with E-state index in [4.69, 9.17) is 14.2 Å². The molecule has 0 heterocycles. The van der Waals surface area contributed by atoms with E-state index in [0.717, 1.165) is 24.0 Å². The monoisotopic (exact) mass is 585 g/mol. The van der Waals surface area contributed by atoms with Crippen LogP contribution in [0.5, 0.6) is 17.2 Å². The molecule has 0 bridgehead atoms. The Labute approximate surface area is 257 Å². The van der Waals surface area contributed by atoms with Crippen LogP contribution in [0.2, 0.25) is 0 Å². The lowest BCUT2D eigenvalue weighted by Crippen LogP contribution is -2.29. The van der Waals surface area contributed by atoms with E-state index in [9.17, 15) is 9.59 Å². The number of carbonyl (C=O) groups excluding carboxylic acids is 2. The van der Waals surface area contributed by atoms with Gasteiger partial charge in [-0.15, -0.1) is 0 Å². The largest absolute Gasteiger partial charge is 0.497 e. The van der Waals surface area contributed by atoms with Crippen LogP contribution in [0, 0.1) is 0 Å². The highest BCUT2D eigenvalue weighted by Crippen LogP contribution is 2.27. The smallest absolute Gasteiger partial charge is 0.257 e. The number of benzene rings is 3. The Balaban J connectivity index is 1.50. The molecule has 6 nitrogen and oxygen atoms in total. The summed E-state index contributed by atoms with van der Waals surface area (Å²) in [5, 5.41) is 2.95. The maximum atomic E-state index is 13.6. The molecule has 0 saturated heterocycles. The van der Waals surface area contributed by atoms with E-state index in [1.165, 1.54) is 51.4 Å². The first-order chi connectivity index (χ1) is 21.0. The van der Waals surface area contributed by atoms with Crippen molar-refractivity contribution in [3.63, 3.8) is 0 Å². The lowest BCUT2D eigenvalue weighted by atomic mass is 9.94. The Morgan fingerprint density at radius 1 is 0.628 bits per heavy atom. The number of methoxy groups -OCH3 is 2. The highest BCUT2D eigenvalue weighted by atomic mass is 16.5. The summed E-state index contributed by atoms with van der Waals surface area (Å²) >= 11 is 0. The van der Waals surface area contributed by atoms with Gasteiger partial charge in [-0.2, -0.15) is 0 Å². The van der Waals surface area contributed by atoms with Crippen LogP contribution in [0.3, 0.4) is 0 Å². The van der Waals surface area contributed by atoms with Crippen LogP contribution in [0.25, 0.3) is 11.6 Å². The minimum absolute atomic E-state index is 0.0278. The highest BCUT2D eigenvalue weighted by Gasteiger charge is 2.15. The van der Waals surface area contributed by atoms with Crippen molar-refractivity contribution >= 4 is 23.3 Å². The summed E-state index contributed by atoms with van der Waals surface area (Å²) in [6, 6.07) is 21.9. The standard InChI is InChI=1S/C37H47NO5/c1-4-5-6-7-8-9-10-11-12-13-26-38-36(39)28-43-34-20-14-29(15-21-34)27-35(30-16-22-32(41-2)23-17-30)37(40)31-18-24-33(42-3)25-19-31/h14-25,27H,4-13,26,28H2,1-3H3,(H,38,39)/b35-27+. The average molecular weight is 586 g/mol. The van der Waals surface area contributed by atoms with E-state index in [1.807, 2.05) is 54.6 Å². The molecule has 0 unspecified atom stereocenters. The van der Waals surface area contributed by atoms with E-state index in [2.05, 4.69) is 12.2 Å². The predicted octanol–water partition coefficient (Wildman–Crippen LogP) is 8.54. The molecular formula is C37H47NO5. The Kier molecular flexibility index (Phi) is 14.9. The Morgan fingerprint density at radius 2 is 1.12 bits per heavy atom. The van der Waals surface area contributed by atoms with Crippen LogP contribution in [-0.2, 0) is 4.79 Å². The zero-order valence-corrected chi connectivity index (χ0v) is 26.0. The molecule has 0 aliphatic rings. The maximum Gasteiger partial charge on any atom is 0.257 e. The van der Waals surface area contributed by atoms with E-state index >= 15 is 0 Å². The number of allylic oxidation sites excluding steroid dienone is 1. The van der Waals surface area contributed by atoms with E-state index in [-0.39, 0.29) is 18.3 Å². The van der Waals surface area contributed by atoms with Gasteiger partial charge in [0.2, 0.25) is 0 Å². The van der Waals surface area contributed by atoms with Crippen molar-refractivity contribution in [2.75, 3.05) is 27.4 Å². The number of unbranched alkanes of at least 4 members (excludes halogenated alkanes) is 9. The van der Waals surface area contributed by atoms with Gasteiger partial charge in [-0.1, -0.05) is 89.0 Å². The second-order valence-corrected chi connectivity index (χ2v) is 10.7. The molecule has 1 amide bonds. The molecule has 43 heavy (non-hydrogen) atoms. The summed E-state index contributed by atoms with van der Waals surface area (Å²) in [7, 11) is 3.21. The molecule has 0 aliphatic heterocycles. The molecule has 3 rings (SSSR count). The minimum atomic E-state index is -0.119. The molecule has 3 aromatic carbocycles. The van der Waals surface area contributed by atoms with Gasteiger partial charge in [0.05, 0.1) is 14.2 Å². The molecule has 0 saturated carbocycles. The predicted molar refractivity (Wildman–Crippen MR) is 175 cm³/mol. The molecule has 0 aromatic heterocycles. The lowest BCUT2D eigenvalue weighted by Gasteiger charge is -2.10. The van der Waals surface area contributed by atoms with Crippen LogP contribution >= 0.6 is 0 Å². The van der Waals surface area contributed by atoms with Crippen LogP contribution in [0.1, 0.15) is 92.6 Å². The lowest BCUT2D eigenvalue weighted by molar-refractivity contribution is -0.123. The van der Waals surface area contributed by atoms with Gasteiger partial charge in [-0.05, 0) is 72.2 Å². The van der Waals surface area contributed by atoms with Crippen molar-refractivity contribution < 1.29 is 23.8 Å². The van der Waals surface area contributed by atoms with E-state index in [1.54, 1.807) is 38.5 Å². The molecule has 0 spiro atoms. The molecule has 0 fully saturated rings. The number of carbonyl (C=O) groups is 2. The van der Waals surface area contributed by atoms with Gasteiger partial charge < -0.3 is 19.5 Å². The first kappa shape index (κ1) is 33.4. The van der Waals surface area contributed by atoms with E-state index in [0.29, 0.717) is 34.9 Å². The molecule has 1 N–H and O–H groups in total. The number of hydrogen-bond donors (Lipinski definition) is 1. The van der Waals surface area contributed by atoms with Crippen molar-refractivity contribution in [1.29, 1.82) is 0 Å². The number of rotatable bonds is 20. The Morgan fingerprint density at radius 3 is 1.65 bits per heavy atom. The number of ketones is 1. The van der Waals surface area contributed by atoms with Gasteiger partial charge in [0.1, 0.15) is 17.2 Å². The van der Waals surface area contributed by atoms with Gasteiger partial charge in [0.25, 0.3) is 5.91 Å². The fourth-order valence-corrected chi connectivity index (χ4v) is 4.82. The van der Waals surface area contributed by atoms with Gasteiger partial charge in [0, 0.05) is 17.7 Å². The van der Waals surface area contributed by atoms with Crippen molar-refractivity contribution in [1.82, 2.24) is 5.32 Å². The second-order valence-electron chi connectivity index (χ2n) is 10.7.